The Morgan fingerprint density at radius 2 is 2.08 bits per heavy atom. The van der Waals surface area contributed by atoms with Gasteiger partial charge in [-0.1, -0.05) is 23.2 Å². The van der Waals surface area contributed by atoms with Gasteiger partial charge in [0.25, 0.3) is 5.91 Å². The third-order valence-corrected chi connectivity index (χ3v) is 4.42. The second-order valence-electron chi connectivity index (χ2n) is 5.43. The lowest BCUT2D eigenvalue weighted by Crippen LogP contribution is -2.13. The van der Waals surface area contributed by atoms with Crippen LogP contribution in [0.4, 0.5) is 5.69 Å². The summed E-state index contributed by atoms with van der Waals surface area (Å²) in [5.74, 6) is 0.0107. The lowest BCUT2D eigenvalue weighted by molar-refractivity contribution is 0.102. The molecule has 0 spiro atoms. The first-order chi connectivity index (χ1) is 12.1. The number of halogens is 2. The molecular weight excluding hydrogens is 363 g/mol. The number of pyridine rings is 1. The summed E-state index contributed by atoms with van der Waals surface area (Å²) < 4.78 is 5.40. The SMILES string of the molecule is COc1c(Cl)cc2c([nH]c3[nH]ccc32)c1NC(=O)c1cncc(Cl)c1. The number of hydrogen-bond donors (Lipinski definition) is 3. The molecule has 3 N–H and O–H groups in total. The summed E-state index contributed by atoms with van der Waals surface area (Å²) in [7, 11) is 1.50. The number of fused-ring (bicyclic) bond motifs is 3. The molecule has 0 unspecified atom stereocenters. The summed E-state index contributed by atoms with van der Waals surface area (Å²) in [6, 6.07) is 5.28. The van der Waals surface area contributed by atoms with Crippen LogP contribution in [-0.4, -0.2) is 28.0 Å². The van der Waals surface area contributed by atoms with Crippen molar-refractivity contribution in [1.82, 2.24) is 15.0 Å². The highest BCUT2D eigenvalue weighted by atomic mass is 35.5. The van der Waals surface area contributed by atoms with Crippen molar-refractivity contribution in [3.63, 3.8) is 0 Å². The highest BCUT2D eigenvalue weighted by Gasteiger charge is 2.20. The van der Waals surface area contributed by atoms with Crippen LogP contribution in [0, 0.1) is 0 Å². The number of amides is 1. The van der Waals surface area contributed by atoms with Crippen LogP contribution in [0.25, 0.3) is 21.9 Å². The molecule has 0 atom stereocenters. The van der Waals surface area contributed by atoms with Gasteiger partial charge in [-0.3, -0.25) is 9.78 Å². The summed E-state index contributed by atoms with van der Waals surface area (Å²) in [5.41, 5.74) is 2.34. The Morgan fingerprint density at radius 1 is 1.24 bits per heavy atom. The number of anilines is 1. The fraction of sp³-hybridized carbons (Fsp3) is 0.0588. The van der Waals surface area contributed by atoms with Crippen molar-refractivity contribution in [1.29, 1.82) is 0 Å². The van der Waals surface area contributed by atoms with Crippen molar-refractivity contribution in [2.75, 3.05) is 12.4 Å². The van der Waals surface area contributed by atoms with E-state index in [1.807, 2.05) is 12.3 Å². The predicted octanol–water partition coefficient (Wildman–Crippen LogP) is 4.61. The molecule has 8 heteroatoms. The average Bonchev–Trinajstić information content (AvgIpc) is 3.17. The molecule has 0 radical (unpaired) electrons. The van der Waals surface area contributed by atoms with Gasteiger partial charge < -0.3 is 20.0 Å². The second kappa shape index (κ2) is 5.98. The molecular formula is C17H12Cl2N4O2. The van der Waals surface area contributed by atoms with E-state index in [2.05, 4.69) is 20.3 Å². The van der Waals surface area contributed by atoms with E-state index in [9.17, 15) is 4.79 Å². The molecule has 4 rings (SSSR count). The number of aromatic amines is 2. The Hall–Kier alpha value is -2.70. The molecule has 6 nitrogen and oxygen atoms in total. The number of hydrogen-bond acceptors (Lipinski definition) is 3. The number of carbonyl (C=O) groups excluding carboxylic acids is 1. The molecule has 25 heavy (non-hydrogen) atoms. The molecule has 0 aliphatic heterocycles. The monoisotopic (exact) mass is 374 g/mol. The smallest absolute Gasteiger partial charge is 0.257 e. The molecule has 0 aliphatic carbocycles. The highest BCUT2D eigenvalue weighted by molar-refractivity contribution is 6.35. The maximum atomic E-state index is 12.6. The van der Waals surface area contributed by atoms with Crippen LogP contribution in [0.15, 0.2) is 36.8 Å². The molecule has 1 amide bonds. The maximum absolute atomic E-state index is 12.6. The zero-order valence-corrected chi connectivity index (χ0v) is 14.5. The number of H-pyrrole nitrogens is 2. The van der Waals surface area contributed by atoms with Gasteiger partial charge in [0, 0.05) is 29.4 Å². The average molecular weight is 375 g/mol. The number of nitrogens with zero attached hydrogens (tertiary/aromatic N) is 1. The zero-order chi connectivity index (χ0) is 17.6. The third-order valence-electron chi connectivity index (χ3n) is 3.93. The van der Waals surface area contributed by atoms with E-state index < -0.39 is 0 Å². The standard InChI is InChI=1S/C17H12Cl2N4O2/c1-25-15-12(19)5-11-10-2-3-21-16(10)22-13(11)14(15)23-17(24)8-4-9(18)7-20-6-8/h2-7,21-22H,1H3,(H,23,24). The number of nitrogens with one attached hydrogen (secondary N) is 3. The van der Waals surface area contributed by atoms with E-state index in [1.54, 1.807) is 6.07 Å². The fourth-order valence-electron chi connectivity index (χ4n) is 2.84. The summed E-state index contributed by atoms with van der Waals surface area (Å²) in [6.07, 6.45) is 4.73. The van der Waals surface area contributed by atoms with Gasteiger partial charge in [0.2, 0.25) is 0 Å². The Bertz CT molecular complexity index is 1120. The van der Waals surface area contributed by atoms with Gasteiger partial charge in [-0.2, -0.15) is 0 Å². The van der Waals surface area contributed by atoms with Crippen LogP contribution in [0.1, 0.15) is 10.4 Å². The second-order valence-corrected chi connectivity index (χ2v) is 6.27. The zero-order valence-electron chi connectivity index (χ0n) is 13.0. The molecule has 0 aliphatic rings. The van der Waals surface area contributed by atoms with E-state index in [0.29, 0.717) is 32.6 Å². The summed E-state index contributed by atoms with van der Waals surface area (Å²) in [4.78, 5) is 22.9. The number of benzene rings is 1. The van der Waals surface area contributed by atoms with Crippen molar-refractivity contribution in [3.8, 4) is 5.75 Å². The minimum Gasteiger partial charge on any atom is -0.493 e. The lowest BCUT2D eigenvalue weighted by atomic mass is 10.1. The first kappa shape index (κ1) is 15.8. The third kappa shape index (κ3) is 2.59. The van der Waals surface area contributed by atoms with E-state index in [1.165, 1.54) is 25.6 Å². The van der Waals surface area contributed by atoms with E-state index in [-0.39, 0.29) is 5.91 Å². The lowest BCUT2D eigenvalue weighted by Gasteiger charge is -2.13. The first-order valence-corrected chi connectivity index (χ1v) is 8.11. The topological polar surface area (TPSA) is 82.8 Å². The minimum absolute atomic E-state index is 0.333. The number of aromatic nitrogens is 3. The Labute approximate surface area is 152 Å². The van der Waals surface area contributed by atoms with Gasteiger partial charge in [-0.15, -0.1) is 0 Å². The van der Waals surface area contributed by atoms with Gasteiger partial charge in [0.1, 0.15) is 11.3 Å². The van der Waals surface area contributed by atoms with Gasteiger partial charge >= 0.3 is 0 Å². The van der Waals surface area contributed by atoms with Gasteiger partial charge in [0.15, 0.2) is 5.75 Å². The van der Waals surface area contributed by atoms with Crippen LogP contribution in [0.3, 0.4) is 0 Å². The van der Waals surface area contributed by atoms with Gasteiger partial charge in [0.05, 0.1) is 28.2 Å². The van der Waals surface area contributed by atoms with Crippen LogP contribution in [-0.2, 0) is 0 Å². The van der Waals surface area contributed by atoms with Crippen LogP contribution >= 0.6 is 23.2 Å². The molecule has 3 aromatic heterocycles. The first-order valence-electron chi connectivity index (χ1n) is 7.35. The molecule has 0 saturated heterocycles. The van der Waals surface area contributed by atoms with E-state index in [4.69, 9.17) is 27.9 Å². The fourth-order valence-corrected chi connectivity index (χ4v) is 3.29. The van der Waals surface area contributed by atoms with Crippen molar-refractivity contribution < 1.29 is 9.53 Å². The van der Waals surface area contributed by atoms with Crippen LogP contribution < -0.4 is 10.1 Å². The highest BCUT2D eigenvalue weighted by Crippen LogP contribution is 2.42. The predicted molar refractivity (Wildman–Crippen MR) is 98.9 cm³/mol. The summed E-state index contributed by atoms with van der Waals surface area (Å²) >= 11 is 12.3. The van der Waals surface area contributed by atoms with Gasteiger partial charge in [-0.25, -0.2) is 0 Å². The molecule has 4 aromatic rings. The van der Waals surface area contributed by atoms with Crippen molar-refractivity contribution >= 4 is 56.7 Å². The number of carbonyl (C=O) groups is 1. The number of rotatable bonds is 3. The molecule has 1 aromatic carbocycles. The number of ether oxygens (including phenoxy) is 1. The molecule has 126 valence electrons. The molecule has 0 bridgehead atoms. The Morgan fingerprint density at radius 3 is 2.84 bits per heavy atom. The van der Waals surface area contributed by atoms with E-state index in [0.717, 1.165) is 16.4 Å². The Balaban J connectivity index is 1.88. The summed E-state index contributed by atoms with van der Waals surface area (Å²) in [5, 5.41) is 5.47. The molecule has 0 fully saturated rings. The van der Waals surface area contributed by atoms with Crippen molar-refractivity contribution in [3.05, 3.63) is 52.4 Å². The number of methoxy groups -OCH3 is 1. The Kier molecular flexibility index (Phi) is 3.78. The largest absolute Gasteiger partial charge is 0.493 e. The van der Waals surface area contributed by atoms with E-state index >= 15 is 0 Å². The quantitative estimate of drug-likeness (QED) is 0.489. The maximum Gasteiger partial charge on any atom is 0.257 e. The molecule has 3 heterocycles. The summed E-state index contributed by atoms with van der Waals surface area (Å²) in [6.45, 7) is 0. The van der Waals surface area contributed by atoms with Gasteiger partial charge in [-0.05, 0) is 18.2 Å². The molecule has 0 saturated carbocycles. The van der Waals surface area contributed by atoms with Crippen molar-refractivity contribution in [2.24, 2.45) is 0 Å². The minimum atomic E-state index is -0.366. The van der Waals surface area contributed by atoms with Crippen LogP contribution in [0.2, 0.25) is 10.0 Å². The van der Waals surface area contributed by atoms with Crippen LogP contribution in [0.5, 0.6) is 5.75 Å². The van der Waals surface area contributed by atoms with Crippen molar-refractivity contribution in [2.45, 2.75) is 0 Å². The normalized spacial score (nSPS) is 11.2.